The molecule has 0 saturated heterocycles. The highest BCUT2D eigenvalue weighted by molar-refractivity contribution is 5.42. The molecule has 0 unspecified atom stereocenters. The molecule has 5 nitrogen and oxygen atoms in total. The number of nitrogens with zero attached hydrogens (tertiary/aromatic N) is 3. The van der Waals surface area contributed by atoms with E-state index in [2.05, 4.69) is 20.3 Å². The molecule has 2 aromatic rings. The minimum Gasteiger partial charge on any atom is -0.377 e. The minimum atomic E-state index is 0.415. The van der Waals surface area contributed by atoms with Crippen LogP contribution >= 0.6 is 0 Å². The second-order valence-electron chi connectivity index (χ2n) is 2.93. The van der Waals surface area contributed by atoms with Gasteiger partial charge in [-0.1, -0.05) is 0 Å². The summed E-state index contributed by atoms with van der Waals surface area (Å²) >= 11 is 0. The lowest BCUT2D eigenvalue weighted by atomic mass is 10.3. The molecular formula is C10H9N5. The van der Waals surface area contributed by atoms with Gasteiger partial charge in [0.1, 0.15) is 17.6 Å². The van der Waals surface area contributed by atoms with Crippen LogP contribution in [0.15, 0.2) is 30.7 Å². The van der Waals surface area contributed by atoms with E-state index in [0.717, 1.165) is 11.5 Å². The van der Waals surface area contributed by atoms with E-state index in [1.165, 1.54) is 0 Å². The maximum absolute atomic E-state index is 8.56. The van der Waals surface area contributed by atoms with E-state index in [9.17, 15) is 0 Å². The van der Waals surface area contributed by atoms with Crippen LogP contribution in [0.3, 0.4) is 0 Å². The Morgan fingerprint density at radius 2 is 2.33 bits per heavy atom. The smallest absolute Gasteiger partial charge is 0.140 e. The van der Waals surface area contributed by atoms with Gasteiger partial charge in [-0.15, -0.1) is 0 Å². The Morgan fingerprint density at radius 1 is 1.40 bits per heavy atom. The summed E-state index contributed by atoms with van der Waals surface area (Å²) in [4.78, 5) is 11.0. The minimum absolute atomic E-state index is 0.415. The van der Waals surface area contributed by atoms with Crippen molar-refractivity contribution in [2.75, 3.05) is 5.32 Å². The van der Waals surface area contributed by atoms with E-state index in [4.69, 9.17) is 5.26 Å². The summed E-state index contributed by atoms with van der Waals surface area (Å²) in [5, 5.41) is 11.7. The van der Waals surface area contributed by atoms with E-state index in [-0.39, 0.29) is 0 Å². The van der Waals surface area contributed by atoms with E-state index in [0.29, 0.717) is 12.2 Å². The van der Waals surface area contributed by atoms with Gasteiger partial charge in [0.05, 0.1) is 18.4 Å². The van der Waals surface area contributed by atoms with Crippen molar-refractivity contribution in [2.24, 2.45) is 0 Å². The van der Waals surface area contributed by atoms with E-state index in [1.807, 2.05) is 12.1 Å². The molecule has 15 heavy (non-hydrogen) atoms. The number of anilines is 1. The van der Waals surface area contributed by atoms with Gasteiger partial charge in [0.15, 0.2) is 0 Å². The number of hydrogen-bond donors (Lipinski definition) is 2. The first-order valence-corrected chi connectivity index (χ1v) is 4.47. The predicted octanol–water partition coefficient (Wildman–Crippen LogP) is 1.29. The largest absolute Gasteiger partial charge is 0.377 e. The summed E-state index contributed by atoms with van der Waals surface area (Å²) in [6, 6.07) is 5.45. The Morgan fingerprint density at radius 3 is 2.93 bits per heavy atom. The van der Waals surface area contributed by atoms with Crippen LogP contribution in [0.25, 0.3) is 0 Å². The fraction of sp³-hybridized carbons (Fsp3) is 0.100. The van der Waals surface area contributed by atoms with Crippen LogP contribution in [0.4, 0.5) is 5.69 Å². The first-order valence-electron chi connectivity index (χ1n) is 4.47. The number of rotatable bonds is 3. The average Bonchev–Trinajstić information content (AvgIpc) is 2.80. The molecule has 0 bridgehead atoms. The molecule has 0 atom stereocenters. The van der Waals surface area contributed by atoms with Gasteiger partial charge in [0, 0.05) is 12.4 Å². The Hall–Kier alpha value is -2.35. The van der Waals surface area contributed by atoms with Crippen molar-refractivity contribution in [1.82, 2.24) is 15.0 Å². The Labute approximate surface area is 86.8 Å². The zero-order valence-electron chi connectivity index (χ0n) is 7.94. The van der Waals surface area contributed by atoms with Gasteiger partial charge in [-0.2, -0.15) is 5.26 Å². The maximum atomic E-state index is 8.56. The standard InChI is InChI=1S/C10H9N5/c11-5-8-1-2-9(6-14-8)15-7-10-12-3-4-13-10/h1-4,6,15H,7H2,(H,12,13). The number of hydrogen-bond acceptors (Lipinski definition) is 4. The molecule has 2 rings (SSSR count). The van der Waals surface area contributed by atoms with Crippen LogP contribution in [0.1, 0.15) is 11.5 Å². The SMILES string of the molecule is N#Cc1ccc(NCc2ncc[nH]2)cn1. The van der Waals surface area contributed by atoms with Gasteiger partial charge in [-0.25, -0.2) is 9.97 Å². The monoisotopic (exact) mass is 199 g/mol. The number of imidazole rings is 1. The quantitative estimate of drug-likeness (QED) is 0.780. The van der Waals surface area contributed by atoms with Crippen molar-refractivity contribution in [3.63, 3.8) is 0 Å². The third kappa shape index (κ3) is 2.31. The summed E-state index contributed by atoms with van der Waals surface area (Å²) in [7, 11) is 0. The Bertz CT molecular complexity index is 452. The van der Waals surface area contributed by atoms with Crippen LogP contribution in [0.2, 0.25) is 0 Å². The summed E-state index contributed by atoms with van der Waals surface area (Å²) in [6.45, 7) is 0.612. The van der Waals surface area contributed by atoms with Crippen molar-refractivity contribution in [3.8, 4) is 6.07 Å². The van der Waals surface area contributed by atoms with Gasteiger partial charge in [-0.05, 0) is 12.1 Å². The van der Waals surface area contributed by atoms with E-state index < -0.39 is 0 Å². The second-order valence-corrected chi connectivity index (χ2v) is 2.93. The summed E-state index contributed by atoms with van der Waals surface area (Å²) in [6.07, 6.45) is 5.10. The summed E-state index contributed by atoms with van der Waals surface area (Å²) in [5.74, 6) is 0.861. The van der Waals surface area contributed by atoms with Gasteiger partial charge in [0.25, 0.3) is 0 Å². The van der Waals surface area contributed by atoms with Crippen molar-refractivity contribution in [3.05, 3.63) is 42.2 Å². The highest BCUT2D eigenvalue weighted by Gasteiger charge is 1.96. The third-order valence-corrected chi connectivity index (χ3v) is 1.89. The average molecular weight is 199 g/mol. The van der Waals surface area contributed by atoms with Crippen LogP contribution in [0, 0.1) is 11.3 Å². The molecule has 0 aromatic carbocycles. The summed E-state index contributed by atoms with van der Waals surface area (Å²) in [5.41, 5.74) is 1.28. The first kappa shape index (κ1) is 9.21. The molecule has 0 spiro atoms. The number of pyridine rings is 1. The molecule has 2 N–H and O–H groups in total. The fourth-order valence-electron chi connectivity index (χ4n) is 1.14. The Kier molecular flexibility index (Phi) is 2.61. The van der Waals surface area contributed by atoms with Crippen LogP contribution in [-0.4, -0.2) is 15.0 Å². The fourth-order valence-corrected chi connectivity index (χ4v) is 1.14. The molecule has 2 heterocycles. The topological polar surface area (TPSA) is 77.4 Å². The zero-order valence-corrected chi connectivity index (χ0v) is 7.94. The molecule has 0 aliphatic heterocycles. The molecule has 0 saturated carbocycles. The molecular weight excluding hydrogens is 190 g/mol. The number of nitrogens with one attached hydrogen (secondary N) is 2. The van der Waals surface area contributed by atoms with Crippen LogP contribution < -0.4 is 5.32 Å². The number of aromatic amines is 1. The third-order valence-electron chi connectivity index (χ3n) is 1.89. The van der Waals surface area contributed by atoms with Crippen LogP contribution in [-0.2, 0) is 6.54 Å². The van der Waals surface area contributed by atoms with E-state index in [1.54, 1.807) is 24.7 Å². The number of H-pyrrole nitrogens is 1. The maximum Gasteiger partial charge on any atom is 0.140 e. The van der Waals surface area contributed by atoms with Gasteiger partial charge in [0.2, 0.25) is 0 Å². The second kappa shape index (κ2) is 4.24. The summed E-state index contributed by atoms with van der Waals surface area (Å²) < 4.78 is 0. The molecule has 0 fully saturated rings. The lowest BCUT2D eigenvalue weighted by molar-refractivity contribution is 0.997. The molecule has 5 heteroatoms. The van der Waals surface area contributed by atoms with Crippen LogP contribution in [0.5, 0.6) is 0 Å². The lowest BCUT2D eigenvalue weighted by Crippen LogP contribution is -2.01. The normalized spacial score (nSPS) is 9.53. The molecule has 0 radical (unpaired) electrons. The van der Waals surface area contributed by atoms with Gasteiger partial charge in [-0.3, -0.25) is 0 Å². The first-order chi connectivity index (χ1) is 7.38. The van der Waals surface area contributed by atoms with Crippen molar-refractivity contribution < 1.29 is 0 Å². The predicted molar refractivity (Wildman–Crippen MR) is 54.9 cm³/mol. The zero-order chi connectivity index (χ0) is 10.5. The molecule has 0 aliphatic carbocycles. The molecule has 0 aliphatic rings. The number of nitriles is 1. The van der Waals surface area contributed by atoms with Crippen molar-refractivity contribution >= 4 is 5.69 Å². The molecule has 74 valence electrons. The highest BCUT2D eigenvalue weighted by Crippen LogP contribution is 2.06. The van der Waals surface area contributed by atoms with Crippen molar-refractivity contribution in [2.45, 2.75) is 6.54 Å². The van der Waals surface area contributed by atoms with Crippen molar-refractivity contribution in [1.29, 1.82) is 5.26 Å². The van der Waals surface area contributed by atoms with E-state index >= 15 is 0 Å². The molecule has 2 aromatic heterocycles. The van der Waals surface area contributed by atoms with Gasteiger partial charge >= 0.3 is 0 Å². The highest BCUT2D eigenvalue weighted by atomic mass is 15.0. The van der Waals surface area contributed by atoms with Gasteiger partial charge < -0.3 is 10.3 Å². The molecule has 0 amide bonds. The lowest BCUT2D eigenvalue weighted by Gasteiger charge is -2.02. The number of aromatic nitrogens is 3. The Balaban J connectivity index is 1.97.